The molecule has 0 saturated carbocycles. The Morgan fingerprint density at radius 1 is 1.33 bits per heavy atom. The van der Waals surface area contributed by atoms with E-state index in [1.807, 2.05) is 42.5 Å². The van der Waals surface area contributed by atoms with Crippen molar-refractivity contribution in [2.24, 2.45) is 11.8 Å². The molecule has 3 aliphatic heterocycles. The topological polar surface area (TPSA) is 72.2 Å². The minimum atomic E-state index is -0.711. The smallest absolute Gasteiger partial charge is 0.230 e. The standard InChI is InChI=1S/C23H24N2O5/c1-24(11-16-7-9-29-13-16)21(26)19-18-6-8-23(30-18)14-25(22(27)20(19)23)12-15-4-3-5-17(10-15)28-2/h3-10,13,18-20H,11-12,14H2,1-2H3/t18-,19?,20?,23-/m0/s1. The van der Waals surface area contributed by atoms with Crippen molar-refractivity contribution in [1.82, 2.24) is 9.80 Å². The van der Waals surface area contributed by atoms with Gasteiger partial charge in [-0.25, -0.2) is 0 Å². The van der Waals surface area contributed by atoms with Gasteiger partial charge in [0.25, 0.3) is 0 Å². The van der Waals surface area contributed by atoms with Gasteiger partial charge >= 0.3 is 0 Å². The molecule has 7 heteroatoms. The van der Waals surface area contributed by atoms with E-state index in [-0.39, 0.29) is 17.9 Å². The Hall–Kier alpha value is -3.06. The highest BCUT2D eigenvalue weighted by atomic mass is 16.5. The van der Waals surface area contributed by atoms with Gasteiger partial charge in [0.1, 0.15) is 11.4 Å². The first kappa shape index (κ1) is 18.9. The third-order valence-electron chi connectivity index (χ3n) is 6.35. The van der Waals surface area contributed by atoms with Crippen LogP contribution in [0.15, 0.2) is 59.4 Å². The molecule has 30 heavy (non-hydrogen) atoms. The zero-order valence-corrected chi connectivity index (χ0v) is 17.0. The highest BCUT2D eigenvalue weighted by Gasteiger charge is 2.67. The van der Waals surface area contributed by atoms with Crippen molar-refractivity contribution in [3.63, 3.8) is 0 Å². The SMILES string of the molecule is COc1cccc(CN2C[C@]34C=C[C@H](O3)C(C(=O)N(C)Cc3ccoc3)C4C2=O)c1. The van der Waals surface area contributed by atoms with E-state index in [1.165, 1.54) is 0 Å². The first-order chi connectivity index (χ1) is 14.5. The molecule has 2 fully saturated rings. The van der Waals surface area contributed by atoms with Crippen molar-refractivity contribution in [3.05, 3.63) is 66.1 Å². The molecule has 1 spiro atoms. The van der Waals surface area contributed by atoms with Gasteiger partial charge in [-0.1, -0.05) is 24.3 Å². The number of carbonyl (C=O) groups is 2. The molecule has 7 nitrogen and oxygen atoms in total. The molecular formula is C23H24N2O5. The van der Waals surface area contributed by atoms with E-state index in [9.17, 15) is 9.59 Å². The number of fused-ring (bicyclic) bond motifs is 1. The molecule has 4 heterocycles. The predicted octanol–water partition coefficient (Wildman–Crippen LogP) is 2.23. The van der Waals surface area contributed by atoms with Gasteiger partial charge in [-0.2, -0.15) is 0 Å². The Kier molecular flexibility index (Phi) is 4.43. The summed E-state index contributed by atoms with van der Waals surface area (Å²) in [6.45, 7) is 1.35. The summed E-state index contributed by atoms with van der Waals surface area (Å²) >= 11 is 0. The summed E-state index contributed by atoms with van der Waals surface area (Å²) in [6, 6.07) is 9.51. The molecule has 1 aromatic carbocycles. The minimum absolute atomic E-state index is 0.0280. The van der Waals surface area contributed by atoms with Crippen molar-refractivity contribution < 1.29 is 23.5 Å². The van der Waals surface area contributed by atoms with E-state index in [0.29, 0.717) is 19.6 Å². The number of benzene rings is 1. The second-order valence-electron chi connectivity index (χ2n) is 8.27. The molecule has 5 rings (SSSR count). The largest absolute Gasteiger partial charge is 0.497 e. The van der Waals surface area contributed by atoms with E-state index >= 15 is 0 Å². The molecule has 0 radical (unpaired) electrons. The number of hydrogen-bond acceptors (Lipinski definition) is 5. The first-order valence-electron chi connectivity index (χ1n) is 10.1. The number of carbonyl (C=O) groups excluding carboxylic acids is 2. The Balaban J connectivity index is 1.36. The Morgan fingerprint density at radius 3 is 2.97 bits per heavy atom. The molecular weight excluding hydrogens is 384 g/mol. The van der Waals surface area contributed by atoms with Gasteiger partial charge in [0.05, 0.1) is 44.1 Å². The highest BCUT2D eigenvalue weighted by Crippen LogP contribution is 2.52. The summed E-state index contributed by atoms with van der Waals surface area (Å²) in [5.74, 6) is -0.343. The highest BCUT2D eigenvalue weighted by molar-refractivity contribution is 5.93. The lowest BCUT2D eigenvalue weighted by Gasteiger charge is -2.27. The second kappa shape index (κ2) is 7.02. The summed E-state index contributed by atoms with van der Waals surface area (Å²) < 4.78 is 16.6. The Morgan fingerprint density at radius 2 is 2.20 bits per heavy atom. The van der Waals surface area contributed by atoms with Gasteiger partial charge in [-0.05, 0) is 23.8 Å². The van der Waals surface area contributed by atoms with Crippen molar-refractivity contribution in [1.29, 1.82) is 0 Å². The fraction of sp³-hybridized carbons (Fsp3) is 0.391. The fourth-order valence-corrected chi connectivity index (χ4v) is 4.97. The zero-order chi connectivity index (χ0) is 20.9. The van der Waals surface area contributed by atoms with Crippen LogP contribution in [0.1, 0.15) is 11.1 Å². The van der Waals surface area contributed by atoms with Crippen LogP contribution >= 0.6 is 0 Å². The van der Waals surface area contributed by atoms with Crippen LogP contribution in [-0.2, 0) is 27.4 Å². The maximum atomic E-state index is 13.4. The summed E-state index contributed by atoms with van der Waals surface area (Å²) in [6.07, 6.45) is 6.78. The molecule has 2 aromatic rings. The summed E-state index contributed by atoms with van der Waals surface area (Å²) in [4.78, 5) is 30.1. The number of rotatable bonds is 6. The van der Waals surface area contributed by atoms with E-state index in [4.69, 9.17) is 13.9 Å². The molecule has 2 amide bonds. The third kappa shape index (κ3) is 2.92. The van der Waals surface area contributed by atoms with Crippen LogP contribution in [0.3, 0.4) is 0 Å². The maximum absolute atomic E-state index is 13.4. The quantitative estimate of drug-likeness (QED) is 0.686. The Bertz CT molecular complexity index is 1000. The van der Waals surface area contributed by atoms with Crippen molar-refractivity contribution in [2.45, 2.75) is 24.8 Å². The zero-order valence-electron chi connectivity index (χ0n) is 17.0. The van der Waals surface area contributed by atoms with Crippen LogP contribution in [0, 0.1) is 11.8 Å². The van der Waals surface area contributed by atoms with E-state index in [2.05, 4.69) is 0 Å². The van der Waals surface area contributed by atoms with Crippen LogP contribution in [0.25, 0.3) is 0 Å². The van der Waals surface area contributed by atoms with Gasteiger partial charge < -0.3 is 23.7 Å². The normalized spacial score (nSPS) is 28.8. The van der Waals surface area contributed by atoms with Gasteiger partial charge in [-0.3, -0.25) is 9.59 Å². The molecule has 2 bridgehead atoms. The molecule has 156 valence electrons. The molecule has 0 N–H and O–H groups in total. The van der Waals surface area contributed by atoms with Crippen molar-refractivity contribution in [2.75, 3.05) is 20.7 Å². The predicted molar refractivity (Wildman–Crippen MR) is 107 cm³/mol. The van der Waals surface area contributed by atoms with Crippen LogP contribution in [-0.4, -0.2) is 54.0 Å². The third-order valence-corrected chi connectivity index (χ3v) is 6.35. The Labute approximate surface area is 174 Å². The molecule has 1 aromatic heterocycles. The monoisotopic (exact) mass is 408 g/mol. The van der Waals surface area contributed by atoms with Gasteiger partial charge in [-0.15, -0.1) is 0 Å². The molecule has 2 unspecified atom stereocenters. The number of methoxy groups -OCH3 is 1. The van der Waals surface area contributed by atoms with Crippen molar-refractivity contribution in [3.8, 4) is 5.75 Å². The number of likely N-dealkylation sites (tertiary alicyclic amines) is 1. The van der Waals surface area contributed by atoms with Crippen LogP contribution in [0.4, 0.5) is 0 Å². The van der Waals surface area contributed by atoms with Crippen molar-refractivity contribution >= 4 is 11.8 Å². The lowest BCUT2D eigenvalue weighted by Crippen LogP contribution is -2.44. The number of ether oxygens (including phenoxy) is 2. The van der Waals surface area contributed by atoms with Gasteiger partial charge in [0.2, 0.25) is 11.8 Å². The minimum Gasteiger partial charge on any atom is -0.497 e. The molecule has 4 atom stereocenters. The van der Waals surface area contributed by atoms with E-state index in [0.717, 1.165) is 16.9 Å². The van der Waals surface area contributed by atoms with Crippen LogP contribution < -0.4 is 4.74 Å². The molecule has 3 aliphatic rings. The summed E-state index contributed by atoms with van der Waals surface area (Å²) in [7, 11) is 3.38. The summed E-state index contributed by atoms with van der Waals surface area (Å²) in [5.41, 5.74) is 1.19. The molecule has 0 aliphatic carbocycles. The van der Waals surface area contributed by atoms with Gasteiger partial charge in [0.15, 0.2) is 0 Å². The molecule has 2 saturated heterocycles. The van der Waals surface area contributed by atoms with E-state index in [1.54, 1.807) is 36.5 Å². The first-order valence-corrected chi connectivity index (χ1v) is 10.1. The van der Waals surface area contributed by atoms with Crippen LogP contribution in [0.2, 0.25) is 0 Å². The average Bonchev–Trinajstić information content (AvgIpc) is 3.51. The number of hydrogen-bond donors (Lipinski definition) is 0. The lowest BCUT2D eigenvalue weighted by atomic mass is 9.76. The second-order valence-corrected chi connectivity index (χ2v) is 8.27. The number of furan rings is 1. The van der Waals surface area contributed by atoms with Crippen LogP contribution in [0.5, 0.6) is 5.75 Å². The number of amides is 2. The maximum Gasteiger partial charge on any atom is 0.230 e. The van der Waals surface area contributed by atoms with E-state index < -0.39 is 17.4 Å². The fourth-order valence-electron chi connectivity index (χ4n) is 4.97. The average molecular weight is 408 g/mol. The lowest BCUT2D eigenvalue weighted by molar-refractivity contribution is -0.142. The summed E-state index contributed by atoms with van der Waals surface area (Å²) in [5, 5.41) is 0. The van der Waals surface area contributed by atoms with Gasteiger partial charge in [0, 0.05) is 25.7 Å². The number of nitrogens with zero attached hydrogens (tertiary/aromatic N) is 2.